The van der Waals surface area contributed by atoms with Gasteiger partial charge in [-0.05, 0) is 48.4 Å². The highest BCUT2D eigenvalue weighted by Crippen LogP contribution is 2.17. The fourth-order valence-corrected chi connectivity index (χ4v) is 2.85. The third-order valence-corrected chi connectivity index (χ3v) is 3.91. The molecule has 116 valence electrons. The molecule has 2 rings (SSSR count). The van der Waals surface area contributed by atoms with Crippen LogP contribution in [0.25, 0.3) is 0 Å². The predicted octanol–water partition coefficient (Wildman–Crippen LogP) is 2.93. The van der Waals surface area contributed by atoms with Crippen molar-refractivity contribution >= 4 is 21.4 Å². The van der Waals surface area contributed by atoms with Gasteiger partial charge in [-0.15, -0.1) is 0 Å². The molecule has 0 heterocycles. The van der Waals surface area contributed by atoms with Gasteiger partial charge in [0.15, 0.2) is 9.84 Å². The van der Waals surface area contributed by atoms with Crippen LogP contribution in [0.5, 0.6) is 0 Å². The summed E-state index contributed by atoms with van der Waals surface area (Å²) < 4.78 is 35.7. The molecule has 0 aromatic heterocycles. The van der Waals surface area contributed by atoms with Gasteiger partial charge in [0.05, 0.1) is 5.75 Å². The standard InChI is InChI=1S/C16H16FNO3S/c1-11-8-14(17)6-7-15(11)18-16(19)13-5-3-4-12(9-13)10-22(2,20)21/h3-9H,10H2,1-2H3,(H,18,19). The zero-order valence-corrected chi connectivity index (χ0v) is 13.1. The van der Waals surface area contributed by atoms with E-state index in [4.69, 9.17) is 0 Å². The zero-order chi connectivity index (χ0) is 16.3. The van der Waals surface area contributed by atoms with Gasteiger partial charge in [0.25, 0.3) is 5.91 Å². The normalized spacial score (nSPS) is 11.2. The largest absolute Gasteiger partial charge is 0.322 e. The molecule has 0 aliphatic rings. The van der Waals surface area contributed by atoms with E-state index in [-0.39, 0.29) is 17.5 Å². The molecule has 22 heavy (non-hydrogen) atoms. The molecule has 0 bridgehead atoms. The van der Waals surface area contributed by atoms with Crippen LogP contribution < -0.4 is 5.32 Å². The lowest BCUT2D eigenvalue weighted by atomic mass is 10.1. The van der Waals surface area contributed by atoms with Crippen LogP contribution in [0.1, 0.15) is 21.5 Å². The van der Waals surface area contributed by atoms with Gasteiger partial charge in [-0.2, -0.15) is 0 Å². The molecular formula is C16H16FNO3S. The van der Waals surface area contributed by atoms with Gasteiger partial charge in [0.2, 0.25) is 0 Å². The summed E-state index contributed by atoms with van der Waals surface area (Å²) in [5.74, 6) is -0.861. The van der Waals surface area contributed by atoms with Crippen LogP contribution in [0.15, 0.2) is 42.5 Å². The number of aryl methyl sites for hydroxylation is 1. The van der Waals surface area contributed by atoms with Crippen LogP contribution in [0.3, 0.4) is 0 Å². The Bertz CT molecular complexity index is 816. The Kier molecular flexibility index (Phi) is 4.61. The Labute approximate surface area is 128 Å². The van der Waals surface area contributed by atoms with Gasteiger partial charge < -0.3 is 5.32 Å². The third kappa shape index (κ3) is 4.39. The summed E-state index contributed by atoms with van der Waals surface area (Å²) in [7, 11) is -3.16. The molecule has 0 fully saturated rings. The Hall–Kier alpha value is -2.21. The van der Waals surface area contributed by atoms with Crippen molar-refractivity contribution in [2.24, 2.45) is 0 Å². The van der Waals surface area contributed by atoms with E-state index in [1.807, 2.05) is 0 Å². The first-order valence-electron chi connectivity index (χ1n) is 6.59. The number of halogens is 1. The molecule has 0 aliphatic heterocycles. The smallest absolute Gasteiger partial charge is 0.255 e. The first-order valence-corrected chi connectivity index (χ1v) is 8.65. The topological polar surface area (TPSA) is 63.2 Å². The summed E-state index contributed by atoms with van der Waals surface area (Å²) in [5.41, 5.74) is 2.02. The quantitative estimate of drug-likeness (QED) is 0.942. The second-order valence-electron chi connectivity index (χ2n) is 5.18. The monoisotopic (exact) mass is 321 g/mol. The molecule has 2 aromatic carbocycles. The number of nitrogens with one attached hydrogen (secondary N) is 1. The van der Waals surface area contributed by atoms with Crippen molar-refractivity contribution in [1.29, 1.82) is 0 Å². The van der Waals surface area contributed by atoms with Crippen LogP contribution in [0.4, 0.5) is 10.1 Å². The molecule has 0 radical (unpaired) electrons. The average Bonchev–Trinajstić information content (AvgIpc) is 2.40. The van der Waals surface area contributed by atoms with Crippen molar-refractivity contribution in [2.75, 3.05) is 11.6 Å². The fourth-order valence-electron chi connectivity index (χ4n) is 2.07. The lowest BCUT2D eigenvalue weighted by Crippen LogP contribution is -2.13. The highest BCUT2D eigenvalue weighted by atomic mass is 32.2. The SMILES string of the molecule is Cc1cc(F)ccc1NC(=O)c1cccc(CS(C)(=O)=O)c1. The molecule has 0 aliphatic carbocycles. The second kappa shape index (κ2) is 6.27. The number of hydrogen-bond acceptors (Lipinski definition) is 3. The first-order chi connectivity index (χ1) is 10.2. The number of carbonyl (C=O) groups excluding carboxylic acids is 1. The predicted molar refractivity (Wildman–Crippen MR) is 84.1 cm³/mol. The van der Waals surface area contributed by atoms with Crippen molar-refractivity contribution in [3.8, 4) is 0 Å². The van der Waals surface area contributed by atoms with Crippen molar-refractivity contribution < 1.29 is 17.6 Å². The molecule has 0 saturated heterocycles. The van der Waals surface area contributed by atoms with Crippen LogP contribution in [0.2, 0.25) is 0 Å². The number of sulfone groups is 1. The lowest BCUT2D eigenvalue weighted by Gasteiger charge is -2.09. The first kappa shape index (κ1) is 16.2. The maximum Gasteiger partial charge on any atom is 0.255 e. The molecule has 0 saturated carbocycles. The van der Waals surface area contributed by atoms with Gasteiger partial charge in [-0.1, -0.05) is 12.1 Å². The van der Waals surface area contributed by atoms with E-state index in [2.05, 4.69) is 5.32 Å². The highest BCUT2D eigenvalue weighted by Gasteiger charge is 2.11. The maximum atomic E-state index is 13.0. The summed E-state index contributed by atoms with van der Waals surface area (Å²) in [6.07, 6.45) is 1.14. The molecule has 1 N–H and O–H groups in total. The van der Waals surface area contributed by atoms with Gasteiger partial charge in [-0.3, -0.25) is 4.79 Å². The third-order valence-electron chi connectivity index (χ3n) is 3.05. The van der Waals surface area contributed by atoms with E-state index in [0.717, 1.165) is 6.26 Å². The number of hydrogen-bond donors (Lipinski definition) is 1. The average molecular weight is 321 g/mol. The molecule has 1 amide bonds. The van der Waals surface area contributed by atoms with Gasteiger partial charge >= 0.3 is 0 Å². The van der Waals surface area contributed by atoms with Crippen LogP contribution in [0, 0.1) is 12.7 Å². The number of rotatable bonds is 4. The van der Waals surface area contributed by atoms with E-state index in [9.17, 15) is 17.6 Å². The Morgan fingerprint density at radius 3 is 2.55 bits per heavy atom. The summed E-state index contributed by atoms with van der Waals surface area (Å²) in [4.78, 5) is 12.2. The Morgan fingerprint density at radius 2 is 1.91 bits per heavy atom. The van der Waals surface area contributed by atoms with E-state index in [1.165, 1.54) is 24.3 Å². The number of anilines is 1. The fraction of sp³-hybridized carbons (Fsp3) is 0.188. The molecule has 6 heteroatoms. The summed E-state index contributed by atoms with van der Waals surface area (Å²) in [6.45, 7) is 1.69. The van der Waals surface area contributed by atoms with Crippen LogP contribution in [-0.4, -0.2) is 20.6 Å². The lowest BCUT2D eigenvalue weighted by molar-refractivity contribution is 0.102. The Balaban J connectivity index is 2.21. The number of carbonyl (C=O) groups is 1. The summed E-state index contributed by atoms with van der Waals surface area (Å²) in [6, 6.07) is 10.5. The van der Waals surface area contributed by atoms with Crippen molar-refractivity contribution in [2.45, 2.75) is 12.7 Å². The van der Waals surface area contributed by atoms with E-state index in [0.29, 0.717) is 22.4 Å². The molecule has 2 aromatic rings. The summed E-state index contributed by atoms with van der Waals surface area (Å²) >= 11 is 0. The minimum Gasteiger partial charge on any atom is -0.322 e. The van der Waals surface area contributed by atoms with Crippen molar-refractivity contribution in [3.05, 3.63) is 65.0 Å². The molecule has 0 unspecified atom stereocenters. The zero-order valence-electron chi connectivity index (χ0n) is 12.3. The minimum atomic E-state index is -3.16. The molecular weight excluding hydrogens is 305 g/mol. The van der Waals surface area contributed by atoms with Gasteiger partial charge in [-0.25, -0.2) is 12.8 Å². The van der Waals surface area contributed by atoms with Crippen LogP contribution in [-0.2, 0) is 15.6 Å². The highest BCUT2D eigenvalue weighted by molar-refractivity contribution is 7.89. The van der Waals surface area contributed by atoms with Crippen molar-refractivity contribution in [3.63, 3.8) is 0 Å². The molecule has 4 nitrogen and oxygen atoms in total. The van der Waals surface area contributed by atoms with Crippen LogP contribution >= 0.6 is 0 Å². The van der Waals surface area contributed by atoms with E-state index < -0.39 is 9.84 Å². The van der Waals surface area contributed by atoms with Crippen molar-refractivity contribution in [1.82, 2.24) is 0 Å². The maximum absolute atomic E-state index is 13.0. The van der Waals surface area contributed by atoms with E-state index in [1.54, 1.807) is 25.1 Å². The Morgan fingerprint density at radius 1 is 1.18 bits per heavy atom. The molecule has 0 atom stereocenters. The minimum absolute atomic E-state index is 0.121. The summed E-state index contributed by atoms with van der Waals surface area (Å²) in [5, 5.41) is 2.69. The van der Waals surface area contributed by atoms with E-state index >= 15 is 0 Å². The second-order valence-corrected chi connectivity index (χ2v) is 7.32. The number of amides is 1. The van der Waals surface area contributed by atoms with Gasteiger partial charge in [0.1, 0.15) is 5.82 Å². The van der Waals surface area contributed by atoms with Gasteiger partial charge in [0, 0.05) is 17.5 Å². The molecule has 0 spiro atoms. The number of benzene rings is 2.